The Morgan fingerprint density at radius 2 is 1.67 bits per heavy atom. The predicted octanol–water partition coefficient (Wildman–Crippen LogP) is 3.04. The lowest BCUT2D eigenvalue weighted by Gasteiger charge is -2.08. The monoisotopic (exact) mass is 347 g/mol. The number of pyridine rings is 1. The molecule has 6 heteroatoms. The number of nitrogens with one attached hydrogen (secondary N) is 2. The van der Waals surface area contributed by atoms with E-state index in [9.17, 15) is 9.59 Å². The molecule has 108 valence electrons. The Hall–Kier alpha value is -2.21. The third kappa shape index (κ3) is 4.13. The Labute approximate surface area is 130 Å². The van der Waals surface area contributed by atoms with Crippen LogP contribution in [0.25, 0.3) is 0 Å². The van der Waals surface area contributed by atoms with Crippen molar-refractivity contribution in [3.8, 4) is 0 Å². The fraction of sp³-hybridized carbons (Fsp3) is 0.133. The van der Waals surface area contributed by atoms with Gasteiger partial charge in [0, 0.05) is 10.7 Å². The van der Waals surface area contributed by atoms with Gasteiger partial charge >= 0.3 is 11.8 Å². The summed E-state index contributed by atoms with van der Waals surface area (Å²) in [4.78, 5) is 27.7. The Bertz CT molecular complexity index is 701. The number of aryl methyl sites for hydroxylation is 2. The first-order valence-electron chi connectivity index (χ1n) is 6.27. The molecule has 0 fully saturated rings. The van der Waals surface area contributed by atoms with E-state index >= 15 is 0 Å². The number of carbonyl (C=O) groups is 2. The van der Waals surface area contributed by atoms with Gasteiger partial charge in [0.25, 0.3) is 0 Å². The maximum atomic E-state index is 11.9. The summed E-state index contributed by atoms with van der Waals surface area (Å²) in [7, 11) is 0. The Morgan fingerprint density at radius 1 is 1.00 bits per heavy atom. The minimum absolute atomic E-state index is 0.345. The molecular formula is C15H14BrN3O2. The molecular weight excluding hydrogens is 334 g/mol. The second-order valence-corrected chi connectivity index (χ2v) is 5.46. The van der Waals surface area contributed by atoms with E-state index in [1.807, 2.05) is 26.0 Å². The maximum Gasteiger partial charge on any atom is 0.315 e. The number of hydrogen-bond acceptors (Lipinski definition) is 3. The molecule has 0 aliphatic heterocycles. The van der Waals surface area contributed by atoms with E-state index < -0.39 is 11.8 Å². The standard InChI is InChI=1S/C15H14BrN3O2/c1-9-3-4-12(11(16)7-9)18-14(20)15(21)19-13-8-10(2)5-6-17-13/h3-8H,1-2H3,(H,18,20)(H,17,19,21). The highest BCUT2D eigenvalue weighted by Gasteiger charge is 2.15. The lowest BCUT2D eigenvalue weighted by atomic mass is 10.2. The van der Waals surface area contributed by atoms with Crippen LogP contribution in [0.2, 0.25) is 0 Å². The second kappa shape index (κ2) is 6.49. The lowest BCUT2D eigenvalue weighted by molar-refractivity contribution is -0.133. The Balaban J connectivity index is 2.04. The molecule has 0 saturated carbocycles. The van der Waals surface area contributed by atoms with Gasteiger partial charge in [-0.25, -0.2) is 4.98 Å². The average Bonchev–Trinajstić information content (AvgIpc) is 2.41. The molecule has 2 amide bonds. The van der Waals surface area contributed by atoms with E-state index in [1.54, 1.807) is 24.4 Å². The minimum Gasteiger partial charge on any atom is -0.317 e. The summed E-state index contributed by atoms with van der Waals surface area (Å²) in [6.07, 6.45) is 1.57. The van der Waals surface area contributed by atoms with E-state index in [0.717, 1.165) is 15.6 Å². The van der Waals surface area contributed by atoms with Gasteiger partial charge in [0.05, 0.1) is 5.69 Å². The van der Waals surface area contributed by atoms with Crippen molar-refractivity contribution in [1.82, 2.24) is 4.98 Å². The lowest BCUT2D eigenvalue weighted by Crippen LogP contribution is -2.29. The van der Waals surface area contributed by atoms with Gasteiger partial charge in [-0.15, -0.1) is 0 Å². The Kier molecular flexibility index (Phi) is 4.70. The van der Waals surface area contributed by atoms with Crippen molar-refractivity contribution in [2.45, 2.75) is 13.8 Å². The molecule has 1 aromatic carbocycles. The third-order valence-corrected chi connectivity index (χ3v) is 3.39. The number of halogens is 1. The molecule has 2 aromatic rings. The van der Waals surface area contributed by atoms with Crippen molar-refractivity contribution >= 4 is 39.2 Å². The molecule has 2 rings (SSSR count). The number of aromatic nitrogens is 1. The van der Waals surface area contributed by atoms with Gasteiger partial charge in [-0.3, -0.25) is 9.59 Å². The number of anilines is 2. The van der Waals surface area contributed by atoms with Gasteiger partial charge in [-0.1, -0.05) is 6.07 Å². The van der Waals surface area contributed by atoms with Crippen LogP contribution in [0.15, 0.2) is 41.0 Å². The largest absolute Gasteiger partial charge is 0.317 e. The van der Waals surface area contributed by atoms with E-state index in [1.165, 1.54) is 0 Å². The Morgan fingerprint density at radius 3 is 2.33 bits per heavy atom. The number of nitrogens with zero attached hydrogens (tertiary/aromatic N) is 1. The number of benzene rings is 1. The molecule has 0 unspecified atom stereocenters. The summed E-state index contributed by atoms with van der Waals surface area (Å²) >= 11 is 3.34. The van der Waals surface area contributed by atoms with Crippen LogP contribution in [0, 0.1) is 13.8 Å². The fourth-order valence-corrected chi connectivity index (χ4v) is 2.27. The zero-order valence-corrected chi connectivity index (χ0v) is 13.2. The first-order valence-corrected chi connectivity index (χ1v) is 7.06. The van der Waals surface area contributed by atoms with Crippen LogP contribution < -0.4 is 10.6 Å². The molecule has 0 radical (unpaired) electrons. The van der Waals surface area contributed by atoms with Crippen LogP contribution in [-0.4, -0.2) is 16.8 Å². The van der Waals surface area contributed by atoms with Crippen LogP contribution in [0.4, 0.5) is 11.5 Å². The van der Waals surface area contributed by atoms with Crippen molar-refractivity contribution < 1.29 is 9.59 Å². The number of carbonyl (C=O) groups excluding carboxylic acids is 2. The van der Waals surface area contributed by atoms with Gasteiger partial charge < -0.3 is 10.6 Å². The summed E-state index contributed by atoms with van der Waals surface area (Å²) < 4.78 is 0.720. The van der Waals surface area contributed by atoms with Crippen LogP contribution in [0.1, 0.15) is 11.1 Å². The molecule has 1 heterocycles. The van der Waals surface area contributed by atoms with Crippen molar-refractivity contribution in [2.75, 3.05) is 10.6 Å². The van der Waals surface area contributed by atoms with Gasteiger partial charge in [-0.05, 0) is 65.2 Å². The van der Waals surface area contributed by atoms with Crippen LogP contribution in [0.3, 0.4) is 0 Å². The SMILES string of the molecule is Cc1ccnc(NC(=O)C(=O)Nc2ccc(C)cc2Br)c1. The predicted molar refractivity (Wildman–Crippen MR) is 85.1 cm³/mol. The van der Waals surface area contributed by atoms with E-state index in [2.05, 4.69) is 31.5 Å². The van der Waals surface area contributed by atoms with Crippen molar-refractivity contribution in [1.29, 1.82) is 0 Å². The fourth-order valence-electron chi connectivity index (χ4n) is 1.68. The molecule has 5 nitrogen and oxygen atoms in total. The highest BCUT2D eigenvalue weighted by molar-refractivity contribution is 9.10. The zero-order valence-electron chi connectivity index (χ0n) is 11.6. The molecule has 0 aliphatic carbocycles. The van der Waals surface area contributed by atoms with Crippen molar-refractivity contribution in [2.24, 2.45) is 0 Å². The maximum absolute atomic E-state index is 11.9. The average molecular weight is 348 g/mol. The van der Waals surface area contributed by atoms with Crippen LogP contribution >= 0.6 is 15.9 Å². The van der Waals surface area contributed by atoms with E-state index in [-0.39, 0.29) is 0 Å². The highest BCUT2D eigenvalue weighted by atomic mass is 79.9. The quantitative estimate of drug-likeness (QED) is 0.820. The van der Waals surface area contributed by atoms with Gasteiger partial charge in [0.15, 0.2) is 0 Å². The molecule has 0 saturated heterocycles. The van der Waals surface area contributed by atoms with Gasteiger partial charge in [-0.2, -0.15) is 0 Å². The molecule has 0 atom stereocenters. The topological polar surface area (TPSA) is 71.1 Å². The van der Waals surface area contributed by atoms with Gasteiger partial charge in [0.2, 0.25) is 0 Å². The first kappa shape index (κ1) is 15.2. The summed E-state index contributed by atoms with van der Waals surface area (Å²) in [5.74, 6) is -1.17. The second-order valence-electron chi connectivity index (χ2n) is 4.61. The number of rotatable bonds is 2. The summed E-state index contributed by atoms with van der Waals surface area (Å²) in [6.45, 7) is 3.81. The van der Waals surface area contributed by atoms with Crippen LogP contribution in [0.5, 0.6) is 0 Å². The van der Waals surface area contributed by atoms with Crippen LogP contribution in [-0.2, 0) is 9.59 Å². The first-order chi connectivity index (χ1) is 9.95. The molecule has 0 aliphatic rings. The molecule has 1 aromatic heterocycles. The van der Waals surface area contributed by atoms with E-state index in [4.69, 9.17) is 0 Å². The third-order valence-electron chi connectivity index (χ3n) is 2.74. The van der Waals surface area contributed by atoms with E-state index in [0.29, 0.717) is 11.5 Å². The summed E-state index contributed by atoms with van der Waals surface area (Å²) in [5.41, 5.74) is 2.54. The van der Waals surface area contributed by atoms with Crippen molar-refractivity contribution in [3.05, 3.63) is 52.1 Å². The minimum atomic E-state index is -0.763. The van der Waals surface area contributed by atoms with Crippen molar-refractivity contribution in [3.63, 3.8) is 0 Å². The molecule has 0 bridgehead atoms. The summed E-state index contributed by atoms with van der Waals surface area (Å²) in [6, 6.07) is 8.93. The number of hydrogen-bond donors (Lipinski definition) is 2. The number of amides is 2. The smallest absolute Gasteiger partial charge is 0.315 e. The molecule has 2 N–H and O–H groups in total. The normalized spacial score (nSPS) is 10.0. The zero-order chi connectivity index (χ0) is 15.4. The molecule has 21 heavy (non-hydrogen) atoms. The molecule has 0 spiro atoms. The van der Waals surface area contributed by atoms with Gasteiger partial charge in [0.1, 0.15) is 5.82 Å². The highest BCUT2D eigenvalue weighted by Crippen LogP contribution is 2.23. The summed E-state index contributed by atoms with van der Waals surface area (Å²) in [5, 5.41) is 5.00.